The first-order valence-corrected chi connectivity index (χ1v) is 15.6. The molecule has 3 aromatic rings. The zero-order valence-electron chi connectivity index (χ0n) is 21.7. The molecule has 39 heavy (non-hydrogen) atoms. The van der Waals surface area contributed by atoms with Crippen LogP contribution in [0.2, 0.25) is 5.02 Å². The lowest BCUT2D eigenvalue weighted by Gasteiger charge is -2.31. The van der Waals surface area contributed by atoms with Crippen molar-refractivity contribution < 1.29 is 21.6 Å². The minimum absolute atomic E-state index is 0.00669. The van der Waals surface area contributed by atoms with Gasteiger partial charge >= 0.3 is 0 Å². The molecule has 1 saturated heterocycles. The Morgan fingerprint density at radius 3 is 2.08 bits per heavy atom. The number of hydrogen-bond acceptors (Lipinski definition) is 6. The molecule has 1 heterocycles. The summed E-state index contributed by atoms with van der Waals surface area (Å²) in [5.74, 6) is -0.559. The fourth-order valence-electron chi connectivity index (χ4n) is 4.21. The quantitative estimate of drug-likeness (QED) is 0.409. The Balaban J connectivity index is 1.51. The summed E-state index contributed by atoms with van der Waals surface area (Å²) < 4.78 is 55.5. The molecule has 12 heteroatoms. The molecule has 1 N–H and O–H groups in total. The Labute approximate surface area is 235 Å². The molecule has 1 aliphatic heterocycles. The molecule has 208 valence electrons. The molecule has 0 spiro atoms. The zero-order chi connectivity index (χ0) is 28.2. The van der Waals surface area contributed by atoms with Crippen molar-refractivity contribution >= 4 is 43.2 Å². The monoisotopic (exact) mass is 590 g/mol. The Kier molecular flexibility index (Phi) is 9.10. The standard InChI is InChI=1S/C27H31ClN4O5S2/c1-21-5-3-4-6-22(21)19-32(39(36,37)25-11-7-23(28)8-12-25)20-27(33)29-24-9-13-26(14-10-24)38(34,35)31-17-15-30(2)16-18-31/h3-14H,15-20H2,1-2H3,(H,29,33). The highest BCUT2D eigenvalue weighted by molar-refractivity contribution is 7.89. The molecule has 1 fully saturated rings. The van der Waals surface area contributed by atoms with Gasteiger partial charge in [0.05, 0.1) is 16.3 Å². The van der Waals surface area contributed by atoms with E-state index in [4.69, 9.17) is 11.6 Å². The van der Waals surface area contributed by atoms with E-state index < -0.39 is 32.5 Å². The van der Waals surface area contributed by atoms with E-state index in [1.807, 2.05) is 38.2 Å². The van der Waals surface area contributed by atoms with Gasteiger partial charge in [0.2, 0.25) is 26.0 Å². The largest absolute Gasteiger partial charge is 0.325 e. The number of nitrogens with zero attached hydrogens (tertiary/aromatic N) is 3. The molecule has 1 amide bonds. The number of amides is 1. The molecule has 0 saturated carbocycles. The highest BCUT2D eigenvalue weighted by atomic mass is 35.5. The van der Waals surface area contributed by atoms with E-state index in [-0.39, 0.29) is 16.3 Å². The van der Waals surface area contributed by atoms with Crippen molar-refractivity contribution in [3.63, 3.8) is 0 Å². The van der Waals surface area contributed by atoms with Crippen LogP contribution in [0.5, 0.6) is 0 Å². The molecule has 4 rings (SSSR count). The van der Waals surface area contributed by atoms with Gasteiger partial charge in [-0.15, -0.1) is 0 Å². The van der Waals surface area contributed by atoms with Crippen molar-refractivity contribution in [1.82, 2.24) is 13.5 Å². The minimum Gasteiger partial charge on any atom is -0.325 e. The predicted octanol–water partition coefficient (Wildman–Crippen LogP) is 3.41. The van der Waals surface area contributed by atoms with Crippen LogP contribution < -0.4 is 5.32 Å². The average Bonchev–Trinajstić information content (AvgIpc) is 2.90. The number of halogens is 1. The number of hydrogen-bond donors (Lipinski definition) is 1. The van der Waals surface area contributed by atoms with E-state index in [1.165, 1.54) is 52.8 Å². The molecule has 0 unspecified atom stereocenters. The second-order valence-electron chi connectivity index (χ2n) is 9.43. The van der Waals surface area contributed by atoms with Crippen molar-refractivity contribution in [2.24, 2.45) is 0 Å². The van der Waals surface area contributed by atoms with Crippen LogP contribution in [0.1, 0.15) is 11.1 Å². The summed E-state index contributed by atoms with van der Waals surface area (Å²) in [6.45, 7) is 3.57. The van der Waals surface area contributed by atoms with Crippen molar-refractivity contribution in [2.45, 2.75) is 23.3 Å². The van der Waals surface area contributed by atoms with Gasteiger partial charge in [0, 0.05) is 43.4 Å². The zero-order valence-corrected chi connectivity index (χ0v) is 24.1. The van der Waals surface area contributed by atoms with Crippen LogP contribution in [0.4, 0.5) is 5.69 Å². The van der Waals surface area contributed by atoms with Gasteiger partial charge < -0.3 is 10.2 Å². The molecule has 9 nitrogen and oxygen atoms in total. The highest BCUT2D eigenvalue weighted by Gasteiger charge is 2.29. The fraction of sp³-hybridized carbons (Fsp3) is 0.296. The van der Waals surface area contributed by atoms with Crippen molar-refractivity contribution in [2.75, 3.05) is 45.1 Å². The second kappa shape index (κ2) is 12.2. The fourth-order valence-corrected chi connectivity index (χ4v) is 7.13. The third-order valence-corrected chi connectivity index (χ3v) is 10.6. The third kappa shape index (κ3) is 7.05. The van der Waals surface area contributed by atoms with Crippen LogP contribution in [0.15, 0.2) is 82.6 Å². The normalized spacial score (nSPS) is 15.4. The van der Waals surface area contributed by atoms with Gasteiger partial charge in [-0.1, -0.05) is 35.9 Å². The van der Waals surface area contributed by atoms with Crippen LogP contribution in [0, 0.1) is 6.92 Å². The summed E-state index contributed by atoms with van der Waals surface area (Å²) in [6.07, 6.45) is 0. The van der Waals surface area contributed by atoms with Gasteiger partial charge in [0.1, 0.15) is 0 Å². The van der Waals surface area contributed by atoms with Crippen LogP contribution in [0.25, 0.3) is 0 Å². The number of aryl methyl sites for hydroxylation is 1. The van der Waals surface area contributed by atoms with Gasteiger partial charge in [-0.3, -0.25) is 4.79 Å². The smallest absolute Gasteiger partial charge is 0.243 e. The summed E-state index contributed by atoms with van der Waals surface area (Å²) in [7, 11) is -5.73. The lowest BCUT2D eigenvalue weighted by atomic mass is 10.1. The number of sulfonamides is 2. The SMILES string of the molecule is Cc1ccccc1CN(CC(=O)Nc1ccc(S(=O)(=O)N2CCN(C)CC2)cc1)S(=O)(=O)c1ccc(Cl)cc1. The summed E-state index contributed by atoms with van der Waals surface area (Å²) in [6, 6.07) is 19.0. The Bertz CT molecular complexity index is 1520. The molecule has 0 atom stereocenters. The minimum atomic E-state index is -4.04. The maximum absolute atomic E-state index is 13.5. The number of carbonyl (C=O) groups excluding carboxylic acids is 1. The maximum Gasteiger partial charge on any atom is 0.243 e. The first-order valence-electron chi connectivity index (χ1n) is 12.4. The van der Waals surface area contributed by atoms with Crippen molar-refractivity contribution in [3.8, 4) is 0 Å². The number of benzene rings is 3. The van der Waals surface area contributed by atoms with Crippen LogP contribution in [-0.2, 0) is 31.4 Å². The van der Waals surface area contributed by atoms with E-state index in [2.05, 4.69) is 10.2 Å². The Morgan fingerprint density at radius 2 is 1.46 bits per heavy atom. The Hall–Kier alpha value is -2.80. The topological polar surface area (TPSA) is 107 Å². The summed E-state index contributed by atoms with van der Waals surface area (Å²) in [5, 5.41) is 3.09. The summed E-state index contributed by atoms with van der Waals surface area (Å²) in [5.41, 5.74) is 2.02. The van der Waals surface area contributed by atoms with Gasteiger partial charge in [-0.25, -0.2) is 16.8 Å². The predicted molar refractivity (Wildman–Crippen MR) is 152 cm³/mol. The van der Waals surface area contributed by atoms with E-state index in [0.29, 0.717) is 36.9 Å². The first-order chi connectivity index (χ1) is 18.5. The van der Waals surface area contributed by atoms with E-state index >= 15 is 0 Å². The van der Waals surface area contributed by atoms with E-state index in [1.54, 1.807) is 0 Å². The summed E-state index contributed by atoms with van der Waals surface area (Å²) in [4.78, 5) is 15.2. The van der Waals surface area contributed by atoms with Gasteiger partial charge in [-0.2, -0.15) is 8.61 Å². The van der Waals surface area contributed by atoms with E-state index in [9.17, 15) is 21.6 Å². The molecular formula is C27H31ClN4O5S2. The first kappa shape index (κ1) is 29.2. The lowest BCUT2D eigenvalue weighted by molar-refractivity contribution is -0.116. The van der Waals surface area contributed by atoms with Gasteiger partial charge in [0.15, 0.2) is 0 Å². The number of carbonyl (C=O) groups is 1. The second-order valence-corrected chi connectivity index (χ2v) is 13.7. The third-order valence-electron chi connectivity index (χ3n) is 6.62. The van der Waals surface area contributed by atoms with Crippen LogP contribution in [0.3, 0.4) is 0 Å². The highest BCUT2D eigenvalue weighted by Crippen LogP contribution is 2.23. The average molecular weight is 591 g/mol. The number of likely N-dealkylation sites (N-methyl/N-ethyl adjacent to an activating group) is 1. The molecule has 1 aliphatic rings. The molecule has 0 aromatic heterocycles. The molecular weight excluding hydrogens is 560 g/mol. The van der Waals surface area contributed by atoms with E-state index in [0.717, 1.165) is 15.4 Å². The summed E-state index contributed by atoms with van der Waals surface area (Å²) >= 11 is 5.94. The Morgan fingerprint density at radius 1 is 0.872 bits per heavy atom. The lowest BCUT2D eigenvalue weighted by Crippen LogP contribution is -2.46. The molecule has 0 aliphatic carbocycles. The van der Waals surface area contributed by atoms with Crippen LogP contribution >= 0.6 is 11.6 Å². The molecule has 0 bridgehead atoms. The maximum atomic E-state index is 13.5. The molecule has 3 aromatic carbocycles. The van der Waals surface area contributed by atoms with Crippen molar-refractivity contribution in [1.29, 1.82) is 0 Å². The number of rotatable bonds is 9. The molecule has 0 radical (unpaired) electrons. The van der Waals surface area contributed by atoms with Crippen LogP contribution in [-0.4, -0.2) is 76.0 Å². The van der Waals surface area contributed by atoms with Gasteiger partial charge in [0.25, 0.3) is 0 Å². The number of anilines is 1. The van der Waals surface area contributed by atoms with Crippen molar-refractivity contribution in [3.05, 3.63) is 88.9 Å². The number of nitrogens with one attached hydrogen (secondary N) is 1. The van der Waals surface area contributed by atoms with Gasteiger partial charge in [-0.05, 0) is 73.6 Å². The number of piperazine rings is 1.